The molecule has 174 valence electrons. The Kier molecular flexibility index (Phi) is 6.06. The molecule has 4 N–H and O–H groups in total. The first-order chi connectivity index (χ1) is 16.5. The number of nitrogens with one attached hydrogen (secondary N) is 2. The smallest absolute Gasteiger partial charge is 0.267 e. The lowest BCUT2D eigenvalue weighted by molar-refractivity contribution is -0.116. The maximum absolute atomic E-state index is 13.2. The molecule has 1 aliphatic carbocycles. The van der Waals surface area contributed by atoms with Gasteiger partial charge in [-0.1, -0.05) is 23.7 Å². The number of hydrogen-bond acceptors (Lipinski definition) is 6. The zero-order chi connectivity index (χ0) is 23.8. The molecular formula is C26H24ClN3O3S. The molecule has 1 atom stereocenters. The van der Waals surface area contributed by atoms with E-state index in [1.807, 2.05) is 43.3 Å². The Balaban J connectivity index is 1.52. The van der Waals surface area contributed by atoms with Crippen molar-refractivity contribution in [3.8, 4) is 5.75 Å². The van der Waals surface area contributed by atoms with Crippen LogP contribution in [0.1, 0.15) is 52.9 Å². The topological polar surface area (TPSA) is 93.4 Å². The van der Waals surface area contributed by atoms with Gasteiger partial charge in [0.15, 0.2) is 5.78 Å². The Hall–Kier alpha value is -3.29. The fraction of sp³-hybridized carbons (Fsp3) is 0.231. The third-order valence-corrected chi connectivity index (χ3v) is 7.50. The number of allylic oxidation sites excluding steroid dienone is 2. The highest BCUT2D eigenvalue weighted by Crippen LogP contribution is 2.52. The minimum atomic E-state index is -0.334. The molecular weight excluding hydrogens is 470 g/mol. The molecule has 2 aromatic carbocycles. The molecule has 1 aromatic heterocycles. The number of benzene rings is 2. The molecule has 0 saturated heterocycles. The van der Waals surface area contributed by atoms with Gasteiger partial charge in [0, 0.05) is 39.9 Å². The average Bonchev–Trinajstić information content (AvgIpc) is 3.16. The monoisotopic (exact) mass is 493 g/mol. The number of ketones is 1. The fourth-order valence-corrected chi connectivity index (χ4v) is 5.80. The second-order valence-corrected chi connectivity index (χ2v) is 9.73. The van der Waals surface area contributed by atoms with Gasteiger partial charge in [-0.25, -0.2) is 0 Å². The Bertz CT molecular complexity index is 1300. The molecule has 0 spiro atoms. The molecule has 1 unspecified atom stereocenters. The lowest BCUT2D eigenvalue weighted by Gasteiger charge is -2.32. The number of nitrogens with two attached hydrogens (primary N) is 1. The quantitative estimate of drug-likeness (QED) is 0.393. The molecule has 3 aromatic rings. The van der Waals surface area contributed by atoms with E-state index in [1.165, 1.54) is 11.3 Å². The number of halogens is 1. The number of nitrogen functional groups attached to an aromatic ring is 1. The highest BCUT2D eigenvalue weighted by molar-refractivity contribution is 7.19. The van der Waals surface area contributed by atoms with Gasteiger partial charge in [0.1, 0.15) is 10.6 Å². The molecule has 5 rings (SSSR count). The van der Waals surface area contributed by atoms with Crippen molar-refractivity contribution < 1.29 is 14.3 Å². The molecule has 1 amide bonds. The summed E-state index contributed by atoms with van der Waals surface area (Å²) in [7, 11) is 0. The standard InChI is InChI=1S/C26H24ClN3O3S/c1-2-33-17-12-10-16(11-13-17)29-25(32)24-23(28)22-20(14-6-8-15(27)9-7-14)21-18(30-26(22)34-24)4-3-5-19(21)31/h6-13,20,30H,2-5,28H2,1H3,(H,29,32). The van der Waals surface area contributed by atoms with E-state index in [4.69, 9.17) is 22.1 Å². The van der Waals surface area contributed by atoms with Crippen LogP contribution in [0.3, 0.4) is 0 Å². The zero-order valence-electron chi connectivity index (χ0n) is 18.6. The summed E-state index contributed by atoms with van der Waals surface area (Å²) in [4.78, 5) is 26.6. The maximum Gasteiger partial charge on any atom is 0.267 e. The Morgan fingerprint density at radius 2 is 1.91 bits per heavy atom. The molecule has 6 nitrogen and oxygen atoms in total. The predicted octanol–water partition coefficient (Wildman–Crippen LogP) is 6.20. The third kappa shape index (κ3) is 4.06. The van der Waals surface area contributed by atoms with Gasteiger partial charge >= 0.3 is 0 Å². The van der Waals surface area contributed by atoms with Crippen molar-refractivity contribution >= 4 is 51.0 Å². The number of amides is 1. The van der Waals surface area contributed by atoms with Crippen LogP contribution in [0.25, 0.3) is 0 Å². The first kappa shape index (κ1) is 22.5. The van der Waals surface area contributed by atoms with Gasteiger partial charge in [-0.3, -0.25) is 9.59 Å². The van der Waals surface area contributed by atoms with E-state index >= 15 is 0 Å². The third-order valence-electron chi connectivity index (χ3n) is 6.11. The van der Waals surface area contributed by atoms with Gasteiger partial charge in [0.2, 0.25) is 0 Å². The van der Waals surface area contributed by atoms with Gasteiger partial charge < -0.3 is 21.1 Å². The first-order valence-corrected chi connectivity index (χ1v) is 12.4. The van der Waals surface area contributed by atoms with Gasteiger partial charge in [0.25, 0.3) is 5.91 Å². The summed E-state index contributed by atoms with van der Waals surface area (Å²) >= 11 is 7.44. The minimum Gasteiger partial charge on any atom is -0.494 e. The van der Waals surface area contributed by atoms with E-state index in [0.717, 1.165) is 46.0 Å². The number of Topliss-reactive ketones (excluding diaryl/α,β-unsaturated/α-hetero) is 1. The van der Waals surface area contributed by atoms with E-state index in [9.17, 15) is 9.59 Å². The molecule has 0 fully saturated rings. The molecule has 0 bridgehead atoms. The van der Waals surface area contributed by atoms with Gasteiger partial charge in [-0.05, 0) is 61.7 Å². The summed E-state index contributed by atoms with van der Waals surface area (Å²) < 4.78 is 5.46. The number of thiophene rings is 1. The lowest BCUT2D eigenvalue weighted by Crippen LogP contribution is -2.26. The average molecular weight is 494 g/mol. The summed E-state index contributed by atoms with van der Waals surface area (Å²) in [6.45, 7) is 2.49. The summed E-state index contributed by atoms with van der Waals surface area (Å²) in [5.74, 6) is 0.231. The van der Waals surface area contributed by atoms with Crippen LogP contribution < -0.4 is 21.1 Å². The first-order valence-electron chi connectivity index (χ1n) is 11.2. The Morgan fingerprint density at radius 1 is 1.18 bits per heavy atom. The maximum atomic E-state index is 13.2. The molecule has 2 aliphatic rings. The summed E-state index contributed by atoms with van der Waals surface area (Å²) in [5.41, 5.74) is 11.0. The van der Waals surface area contributed by atoms with Gasteiger partial charge in [-0.15, -0.1) is 11.3 Å². The number of carbonyl (C=O) groups is 2. The van der Waals surface area contributed by atoms with Crippen molar-refractivity contribution in [1.29, 1.82) is 0 Å². The number of fused-ring (bicyclic) bond motifs is 1. The number of hydrogen-bond donors (Lipinski definition) is 3. The van der Waals surface area contributed by atoms with Crippen LogP contribution in [0.15, 0.2) is 59.8 Å². The number of ether oxygens (including phenoxy) is 1. The van der Waals surface area contributed by atoms with Crippen LogP contribution >= 0.6 is 22.9 Å². The Morgan fingerprint density at radius 3 is 2.62 bits per heavy atom. The van der Waals surface area contributed by atoms with Crippen molar-refractivity contribution in [2.45, 2.75) is 32.1 Å². The van der Waals surface area contributed by atoms with Crippen LogP contribution in [0, 0.1) is 0 Å². The molecule has 0 radical (unpaired) electrons. The number of rotatable bonds is 5. The second kappa shape index (κ2) is 9.16. The summed E-state index contributed by atoms with van der Waals surface area (Å²) in [5, 5.41) is 7.77. The van der Waals surface area contributed by atoms with E-state index in [1.54, 1.807) is 12.1 Å². The zero-order valence-corrected chi connectivity index (χ0v) is 20.2. The highest BCUT2D eigenvalue weighted by Gasteiger charge is 2.39. The van der Waals surface area contributed by atoms with Crippen LogP contribution in [-0.4, -0.2) is 18.3 Å². The molecule has 0 saturated carbocycles. The van der Waals surface area contributed by atoms with Gasteiger partial charge in [-0.2, -0.15) is 0 Å². The van der Waals surface area contributed by atoms with Crippen molar-refractivity contribution in [1.82, 2.24) is 0 Å². The number of anilines is 3. The van der Waals surface area contributed by atoms with Crippen molar-refractivity contribution in [3.63, 3.8) is 0 Å². The molecule has 2 heterocycles. The molecule has 34 heavy (non-hydrogen) atoms. The largest absolute Gasteiger partial charge is 0.494 e. The Labute approximate surface area is 206 Å². The van der Waals surface area contributed by atoms with Crippen LogP contribution in [0.5, 0.6) is 5.75 Å². The summed E-state index contributed by atoms with van der Waals surface area (Å²) in [6, 6.07) is 14.7. The lowest BCUT2D eigenvalue weighted by atomic mass is 9.76. The second-order valence-electron chi connectivity index (χ2n) is 8.28. The van der Waals surface area contributed by atoms with Crippen LogP contribution in [0.4, 0.5) is 16.4 Å². The summed E-state index contributed by atoms with van der Waals surface area (Å²) in [6.07, 6.45) is 2.10. The highest BCUT2D eigenvalue weighted by atomic mass is 35.5. The van der Waals surface area contributed by atoms with Crippen molar-refractivity contribution in [2.24, 2.45) is 0 Å². The van der Waals surface area contributed by atoms with Gasteiger partial charge in [0.05, 0.1) is 17.3 Å². The van der Waals surface area contributed by atoms with E-state index in [2.05, 4.69) is 10.6 Å². The predicted molar refractivity (Wildman–Crippen MR) is 137 cm³/mol. The fourth-order valence-electron chi connectivity index (χ4n) is 4.59. The molecule has 8 heteroatoms. The van der Waals surface area contributed by atoms with Crippen molar-refractivity contribution in [2.75, 3.05) is 23.0 Å². The SMILES string of the molecule is CCOc1ccc(NC(=O)c2sc3c(c2N)C(c2ccc(Cl)cc2)C2=C(CCCC2=O)N3)cc1. The van der Waals surface area contributed by atoms with Crippen molar-refractivity contribution in [3.05, 3.63) is 80.8 Å². The van der Waals surface area contributed by atoms with E-state index < -0.39 is 0 Å². The van der Waals surface area contributed by atoms with Crippen LogP contribution in [0.2, 0.25) is 5.02 Å². The minimum absolute atomic E-state index is 0.116. The van der Waals surface area contributed by atoms with Crippen LogP contribution in [-0.2, 0) is 4.79 Å². The molecule has 1 aliphatic heterocycles. The normalized spacial score (nSPS) is 17.0. The van der Waals surface area contributed by atoms with E-state index in [0.29, 0.717) is 34.3 Å². The number of carbonyl (C=O) groups excluding carboxylic acids is 2. The van der Waals surface area contributed by atoms with E-state index in [-0.39, 0.29) is 17.6 Å².